The van der Waals surface area contributed by atoms with Crippen molar-refractivity contribution in [2.45, 2.75) is 37.2 Å². The zero-order valence-electron chi connectivity index (χ0n) is 19.1. The summed E-state index contributed by atoms with van der Waals surface area (Å²) in [7, 11) is 1.40. The van der Waals surface area contributed by atoms with Gasteiger partial charge in [-0.15, -0.1) is 0 Å². The number of benzene rings is 1. The first-order valence-corrected chi connectivity index (χ1v) is 11.4. The van der Waals surface area contributed by atoms with Crippen LogP contribution in [0.5, 0.6) is 5.75 Å². The molecule has 1 aliphatic carbocycles. The first-order valence-electron chi connectivity index (χ1n) is 11.4. The van der Waals surface area contributed by atoms with E-state index in [1.165, 1.54) is 25.3 Å². The minimum atomic E-state index is -0.726. The van der Waals surface area contributed by atoms with Crippen LogP contribution in [0.1, 0.15) is 31.4 Å². The van der Waals surface area contributed by atoms with Gasteiger partial charge in [-0.25, -0.2) is 18.7 Å². The van der Waals surface area contributed by atoms with Gasteiger partial charge in [0, 0.05) is 43.6 Å². The number of pyridine rings is 1. The smallest absolute Gasteiger partial charge is 0.282 e. The molecule has 0 spiro atoms. The van der Waals surface area contributed by atoms with Gasteiger partial charge in [-0.05, 0) is 31.0 Å². The summed E-state index contributed by atoms with van der Waals surface area (Å²) in [5.74, 6) is -0.725. The molecule has 2 aliphatic rings. The molecule has 3 aromatic rings. The molecule has 5 rings (SSSR count). The molecule has 1 saturated heterocycles. The molecule has 3 heterocycles. The van der Waals surface area contributed by atoms with E-state index < -0.39 is 17.0 Å². The zero-order chi connectivity index (χ0) is 24.6. The highest BCUT2D eigenvalue weighted by atomic mass is 19.1. The number of piperidine rings is 1. The highest BCUT2D eigenvalue weighted by Gasteiger charge is 2.47. The third kappa shape index (κ3) is 4.41. The molecule has 0 amide bonds. The maximum absolute atomic E-state index is 14.0. The molecule has 1 aliphatic heterocycles. The zero-order valence-corrected chi connectivity index (χ0v) is 19.1. The summed E-state index contributed by atoms with van der Waals surface area (Å²) in [5, 5.41) is 9.64. The van der Waals surface area contributed by atoms with Gasteiger partial charge in [0.05, 0.1) is 24.2 Å². The second kappa shape index (κ2) is 8.98. The maximum Gasteiger partial charge on any atom is 0.282 e. The number of rotatable bonds is 6. The average molecular weight is 479 g/mol. The third-order valence-electron chi connectivity index (χ3n) is 6.49. The Labute approximate surface area is 200 Å². The largest absolute Gasteiger partial charge is 0.487 e. The van der Waals surface area contributed by atoms with Crippen LogP contribution in [0.3, 0.4) is 0 Å². The van der Waals surface area contributed by atoms with Gasteiger partial charge < -0.3 is 14.5 Å². The fraction of sp³-hybridized carbons (Fsp3) is 0.360. The van der Waals surface area contributed by atoms with Crippen molar-refractivity contribution < 1.29 is 18.4 Å². The number of halogens is 2. The summed E-state index contributed by atoms with van der Waals surface area (Å²) >= 11 is 0. The van der Waals surface area contributed by atoms with Crippen LogP contribution in [0.2, 0.25) is 0 Å². The Morgan fingerprint density at radius 3 is 2.60 bits per heavy atom. The van der Waals surface area contributed by atoms with E-state index in [9.17, 15) is 18.8 Å². The Kier molecular flexibility index (Phi) is 5.84. The van der Waals surface area contributed by atoms with E-state index in [1.54, 1.807) is 18.5 Å². The number of aromatic nitrogens is 3. The minimum absolute atomic E-state index is 0.0303. The summed E-state index contributed by atoms with van der Waals surface area (Å²) < 4.78 is 34.1. The Bertz CT molecular complexity index is 1360. The van der Waals surface area contributed by atoms with E-state index in [0.717, 1.165) is 23.6 Å². The van der Waals surface area contributed by atoms with Gasteiger partial charge in [0.25, 0.3) is 5.56 Å². The standard InChI is InChI=1S/C25H23F2N5O3/c1-34-32-14-16(2-5-22(32)33)23-24(29-13-21(30-23)25(15-28)8-9-25)31-10-6-18(7-11-31)35-20-4-3-17(26)12-19(20)27/h2-5,12-14,18H,6-11H2,1H3. The lowest BCUT2D eigenvalue weighted by Gasteiger charge is -2.34. The lowest BCUT2D eigenvalue weighted by atomic mass is 10.0. The molecule has 10 heteroatoms. The van der Waals surface area contributed by atoms with Crippen molar-refractivity contribution in [1.29, 1.82) is 5.26 Å². The van der Waals surface area contributed by atoms with Crippen LogP contribution in [-0.4, -0.2) is 41.0 Å². The summed E-state index contributed by atoms with van der Waals surface area (Å²) in [4.78, 5) is 28.7. The summed E-state index contributed by atoms with van der Waals surface area (Å²) in [6, 6.07) is 8.68. The molecule has 0 bridgehead atoms. The van der Waals surface area contributed by atoms with Crippen LogP contribution < -0.4 is 20.0 Å². The Balaban J connectivity index is 1.41. The molecule has 0 radical (unpaired) electrons. The van der Waals surface area contributed by atoms with Crippen molar-refractivity contribution in [2.24, 2.45) is 0 Å². The van der Waals surface area contributed by atoms with Crippen molar-refractivity contribution in [2.75, 3.05) is 25.1 Å². The molecular formula is C25H23F2N5O3. The second-order valence-corrected chi connectivity index (χ2v) is 8.76. The number of hydrogen-bond acceptors (Lipinski definition) is 7. The third-order valence-corrected chi connectivity index (χ3v) is 6.49. The lowest BCUT2D eigenvalue weighted by molar-refractivity contribution is 0.157. The molecule has 180 valence electrons. The van der Waals surface area contributed by atoms with E-state index in [0.29, 0.717) is 48.7 Å². The van der Waals surface area contributed by atoms with Gasteiger partial charge in [-0.1, -0.05) is 0 Å². The number of hydrogen-bond donors (Lipinski definition) is 0. The summed E-state index contributed by atoms with van der Waals surface area (Å²) in [6.45, 7) is 1.14. The number of anilines is 1. The van der Waals surface area contributed by atoms with Gasteiger partial charge in [-0.3, -0.25) is 4.79 Å². The van der Waals surface area contributed by atoms with Gasteiger partial charge in [-0.2, -0.15) is 9.99 Å². The topological polar surface area (TPSA) is 93.3 Å². The Morgan fingerprint density at radius 1 is 1.17 bits per heavy atom. The molecule has 1 saturated carbocycles. The monoisotopic (exact) mass is 479 g/mol. The second-order valence-electron chi connectivity index (χ2n) is 8.76. The fourth-order valence-corrected chi connectivity index (χ4v) is 4.27. The first-order chi connectivity index (χ1) is 16.9. The molecule has 0 unspecified atom stereocenters. The van der Waals surface area contributed by atoms with Crippen LogP contribution in [0.25, 0.3) is 11.3 Å². The predicted molar refractivity (Wildman–Crippen MR) is 123 cm³/mol. The minimum Gasteiger partial charge on any atom is -0.487 e. The quantitative estimate of drug-likeness (QED) is 0.536. The number of nitrogens with zero attached hydrogens (tertiary/aromatic N) is 5. The molecule has 35 heavy (non-hydrogen) atoms. The molecule has 1 aromatic carbocycles. The lowest BCUT2D eigenvalue weighted by Crippen LogP contribution is -2.39. The van der Waals surface area contributed by atoms with Crippen molar-refractivity contribution in [3.8, 4) is 23.1 Å². The number of ether oxygens (including phenoxy) is 1. The van der Waals surface area contributed by atoms with Gasteiger partial charge in [0.1, 0.15) is 30.1 Å². The van der Waals surface area contributed by atoms with Gasteiger partial charge in [0.2, 0.25) is 0 Å². The van der Waals surface area contributed by atoms with E-state index in [2.05, 4.69) is 16.0 Å². The average Bonchev–Trinajstić information content (AvgIpc) is 3.68. The van der Waals surface area contributed by atoms with Crippen LogP contribution in [0, 0.1) is 23.0 Å². The first kappa shape index (κ1) is 22.8. The van der Waals surface area contributed by atoms with Crippen LogP contribution in [0.4, 0.5) is 14.6 Å². The molecule has 8 nitrogen and oxygen atoms in total. The molecular weight excluding hydrogens is 456 g/mol. The van der Waals surface area contributed by atoms with Gasteiger partial charge in [0.15, 0.2) is 17.4 Å². The maximum atomic E-state index is 14.0. The molecule has 2 fully saturated rings. The Morgan fingerprint density at radius 2 is 1.94 bits per heavy atom. The van der Waals surface area contributed by atoms with Crippen LogP contribution in [-0.2, 0) is 5.41 Å². The Hall–Kier alpha value is -4.00. The van der Waals surface area contributed by atoms with E-state index in [-0.39, 0.29) is 17.4 Å². The van der Waals surface area contributed by atoms with Crippen molar-refractivity contribution in [3.63, 3.8) is 0 Å². The van der Waals surface area contributed by atoms with Crippen molar-refractivity contribution >= 4 is 5.82 Å². The molecule has 0 atom stereocenters. The normalized spacial score (nSPS) is 17.0. The van der Waals surface area contributed by atoms with Crippen molar-refractivity contribution in [1.82, 2.24) is 14.7 Å². The molecule has 2 aromatic heterocycles. The summed E-state index contributed by atoms with van der Waals surface area (Å²) in [5.41, 5.74) is 0.869. The number of nitriles is 1. The van der Waals surface area contributed by atoms with Crippen LogP contribution in [0.15, 0.2) is 47.5 Å². The van der Waals surface area contributed by atoms with Crippen LogP contribution >= 0.6 is 0 Å². The fourth-order valence-electron chi connectivity index (χ4n) is 4.27. The van der Waals surface area contributed by atoms with E-state index in [1.807, 2.05) is 0 Å². The highest BCUT2D eigenvalue weighted by molar-refractivity contribution is 5.72. The highest BCUT2D eigenvalue weighted by Crippen LogP contribution is 2.47. The molecule has 0 N–H and O–H groups in total. The SMILES string of the molecule is COn1cc(-c2nc(C3(C#N)CC3)cnc2N2CCC(Oc3ccc(F)cc3F)CC2)ccc1=O. The predicted octanol–water partition coefficient (Wildman–Crippen LogP) is 3.24. The summed E-state index contributed by atoms with van der Waals surface area (Å²) in [6.07, 6.45) is 5.63. The van der Waals surface area contributed by atoms with Gasteiger partial charge >= 0.3 is 0 Å². The van der Waals surface area contributed by atoms with Crippen molar-refractivity contribution in [3.05, 3.63) is 70.4 Å². The van der Waals surface area contributed by atoms with E-state index in [4.69, 9.17) is 14.6 Å². The van der Waals surface area contributed by atoms with E-state index >= 15 is 0 Å².